The highest BCUT2D eigenvalue weighted by molar-refractivity contribution is 5.97. The van der Waals surface area contributed by atoms with Crippen molar-refractivity contribution in [1.82, 2.24) is 4.90 Å². The molecule has 5 nitrogen and oxygen atoms in total. The van der Waals surface area contributed by atoms with E-state index < -0.39 is 5.60 Å². The van der Waals surface area contributed by atoms with Crippen molar-refractivity contribution in [3.05, 3.63) is 24.3 Å². The van der Waals surface area contributed by atoms with Crippen LogP contribution in [0.5, 0.6) is 5.75 Å². The van der Waals surface area contributed by atoms with Gasteiger partial charge >= 0.3 is 0 Å². The Bertz CT molecular complexity index is 596. The normalized spacial score (nSPS) is 23.0. The minimum atomic E-state index is -0.668. The van der Waals surface area contributed by atoms with Crippen LogP contribution in [0.25, 0.3) is 0 Å². The van der Waals surface area contributed by atoms with Gasteiger partial charge in [-0.15, -0.1) is 0 Å². The highest BCUT2D eigenvalue weighted by Crippen LogP contribution is 2.32. The smallest absolute Gasteiger partial charge is 0.256 e. The van der Waals surface area contributed by atoms with Crippen LogP contribution in [-0.4, -0.2) is 49.3 Å². The summed E-state index contributed by atoms with van der Waals surface area (Å²) in [4.78, 5) is 15.2. The van der Waals surface area contributed by atoms with E-state index in [9.17, 15) is 4.79 Å². The van der Waals surface area contributed by atoms with Gasteiger partial charge in [0.2, 0.25) is 0 Å². The molecule has 0 spiro atoms. The Labute approximate surface area is 163 Å². The molecule has 1 aromatic carbocycles. The SMILES string of the molecule is COC1(C(=O)Nc2ccc(OCCN3CCCC[C@@H]3C)cc2)CCCCC1. The molecule has 1 saturated heterocycles. The van der Waals surface area contributed by atoms with Crippen LogP contribution in [0.1, 0.15) is 58.3 Å². The zero-order valence-corrected chi connectivity index (χ0v) is 16.8. The third-order valence-corrected chi connectivity index (χ3v) is 6.17. The topological polar surface area (TPSA) is 50.8 Å². The van der Waals surface area contributed by atoms with E-state index in [0.717, 1.165) is 43.7 Å². The second kappa shape index (κ2) is 9.56. The monoisotopic (exact) mass is 374 g/mol. The molecule has 5 heteroatoms. The molecular weight excluding hydrogens is 340 g/mol. The molecule has 1 amide bonds. The fourth-order valence-electron chi connectivity index (χ4n) is 4.30. The summed E-state index contributed by atoms with van der Waals surface area (Å²) in [6, 6.07) is 8.32. The number of piperidine rings is 1. The van der Waals surface area contributed by atoms with Crippen molar-refractivity contribution in [2.24, 2.45) is 0 Å². The highest BCUT2D eigenvalue weighted by Gasteiger charge is 2.39. The van der Waals surface area contributed by atoms with Crippen molar-refractivity contribution in [1.29, 1.82) is 0 Å². The molecule has 1 N–H and O–H groups in total. The fourth-order valence-corrected chi connectivity index (χ4v) is 4.30. The molecule has 0 aromatic heterocycles. The van der Waals surface area contributed by atoms with Crippen LogP contribution in [-0.2, 0) is 9.53 Å². The second-order valence-corrected chi connectivity index (χ2v) is 7.97. The molecule has 2 aliphatic rings. The van der Waals surface area contributed by atoms with Crippen LogP contribution in [0.4, 0.5) is 5.69 Å². The molecule has 3 rings (SSSR count). The van der Waals surface area contributed by atoms with Gasteiger partial charge in [0, 0.05) is 25.4 Å². The summed E-state index contributed by atoms with van der Waals surface area (Å²) in [6.07, 6.45) is 8.79. The molecular formula is C22H34N2O3. The molecule has 1 saturated carbocycles. The van der Waals surface area contributed by atoms with E-state index in [0.29, 0.717) is 12.6 Å². The maximum Gasteiger partial charge on any atom is 0.256 e. The molecule has 1 aliphatic carbocycles. The fraction of sp³-hybridized carbons (Fsp3) is 0.682. The van der Waals surface area contributed by atoms with Gasteiger partial charge < -0.3 is 14.8 Å². The maximum absolute atomic E-state index is 12.7. The summed E-state index contributed by atoms with van der Waals surface area (Å²) in [5.41, 5.74) is 0.123. The molecule has 0 unspecified atom stereocenters. The lowest BCUT2D eigenvalue weighted by atomic mass is 9.84. The molecule has 1 atom stereocenters. The zero-order chi connectivity index (χ0) is 19.1. The first-order chi connectivity index (χ1) is 13.1. The molecule has 0 radical (unpaired) electrons. The summed E-state index contributed by atoms with van der Waals surface area (Å²) in [5.74, 6) is 0.814. The van der Waals surface area contributed by atoms with Gasteiger partial charge in [0.1, 0.15) is 18.0 Å². The van der Waals surface area contributed by atoms with Crippen LogP contribution in [0.3, 0.4) is 0 Å². The summed E-state index contributed by atoms with van der Waals surface area (Å²) >= 11 is 0. The first kappa shape index (κ1) is 20.2. The van der Waals surface area contributed by atoms with E-state index >= 15 is 0 Å². The summed E-state index contributed by atoms with van der Waals surface area (Å²) < 4.78 is 11.5. The van der Waals surface area contributed by atoms with Gasteiger partial charge in [0.05, 0.1) is 0 Å². The van der Waals surface area contributed by atoms with Gasteiger partial charge in [-0.3, -0.25) is 9.69 Å². The number of benzene rings is 1. The minimum Gasteiger partial charge on any atom is -0.492 e. The quantitative estimate of drug-likeness (QED) is 0.776. The van der Waals surface area contributed by atoms with Gasteiger partial charge in [0.15, 0.2) is 0 Å². The van der Waals surface area contributed by atoms with Crippen LogP contribution >= 0.6 is 0 Å². The Morgan fingerprint density at radius 3 is 2.56 bits per heavy atom. The van der Waals surface area contributed by atoms with Crippen molar-refractivity contribution < 1.29 is 14.3 Å². The first-order valence-electron chi connectivity index (χ1n) is 10.5. The second-order valence-electron chi connectivity index (χ2n) is 7.97. The average molecular weight is 375 g/mol. The number of rotatable bonds is 7. The van der Waals surface area contributed by atoms with E-state index in [1.807, 2.05) is 24.3 Å². The number of hydrogen-bond acceptors (Lipinski definition) is 4. The first-order valence-corrected chi connectivity index (χ1v) is 10.5. The van der Waals surface area contributed by atoms with Gasteiger partial charge in [-0.1, -0.05) is 25.7 Å². The van der Waals surface area contributed by atoms with Crippen molar-refractivity contribution in [2.75, 3.05) is 32.1 Å². The lowest BCUT2D eigenvalue weighted by molar-refractivity contribution is -0.141. The number of nitrogens with zero attached hydrogens (tertiary/aromatic N) is 1. The molecule has 1 heterocycles. The molecule has 0 bridgehead atoms. The van der Waals surface area contributed by atoms with Crippen LogP contribution in [0, 0.1) is 0 Å². The van der Waals surface area contributed by atoms with E-state index in [2.05, 4.69) is 17.1 Å². The Morgan fingerprint density at radius 1 is 1.15 bits per heavy atom. The van der Waals surface area contributed by atoms with Gasteiger partial charge in [-0.05, 0) is 63.4 Å². The number of likely N-dealkylation sites (tertiary alicyclic amines) is 1. The molecule has 150 valence electrons. The summed E-state index contributed by atoms with van der Waals surface area (Å²) in [5, 5.41) is 3.02. The number of carbonyl (C=O) groups is 1. The number of ether oxygens (including phenoxy) is 2. The average Bonchev–Trinajstić information content (AvgIpc) is 2.71. The number of nitrogens with one attached hydrogen (secondary N) is 1. The number of hydrogen-bond donors (Lipinski definition) is 1. The largest absolute Gasteiger partial charge is 0.492 e. The predicted molar refractivity (Wildman–Crippen MR) is 108 cm³/mol. The van der Waals surface area contributed by atoms with Crippen LogP contribution in [0.2, 0.25) is 0 Å². The minimum absolute atomic E-state index is 0.0301. The molecule has 1 aromatic rings. The Balaban J connectivity index is 1.47. The maximum atomic E-state index is 12.7. The van der Waals surface area contributed by atoms with Crippen LogP contribution < -0.4 is 10.1 Å². The van der Waals surface area contributed by atoms with Crippen molar-refractivity contribution in [3.63, 3.8) is 0 Å². The van der Waals surface area contributed by atoms with Crippen LogP contribution in [0.15, 0.2) is 24.3 Å². The third kappa shape index (κ3) is 5.23. The van der Waals surface area contributed by atoms with E-state index in [4.69, 9.17) is 9.47 Å². The molecule has 27 heavy (non-hydrogen) atoms. The van der Waals surface area contributed by atoms with E-state index in [1.165, 1.54) is 32.2 Å². The summed E-state index contributed by atoms with van der Waals surface area (Å²) in [6.45, 7) is 5.14. The van der Waals surface area contributed by atoms with E-state index in [1.54, 1.807) is 7.11 Å². The van der Waals surface area contributed by atoms with Gasteiger partial charge in [-0.25, -0.2) is 0 Å². The molecule has 1 aliphatic heterocycles. The third-order valence-electron chi connectivity index (χ3n) is 6.17. The van der Waals surface area contributed by atoms with E-state index in [-0.39, 0.29) is 5.91 Å². The number of amides is 1. The Hall–Kier alpha value is -1.59. The van der Waals surface area contributed by atoms with Crippen molar-refractivity contribution in [2.45, 2.75) is 69.9 Å². The Kier molecular flexibility index (Phi) is 7.13. The number of anilines is 1. The van der Waals surface area contributed by atoms with Crippen molar-refractivity contribution in [3.8, 4) is 5.75 Å². The highest BCUT2D eigenvalue weighted by atomic mass is 16.5. The lowest BCUT2D eigenvalue weighted by Gasteiger charge is -2.34. The predicted octanol–water partition coefficient (Wildman–Crippen LogP) is 4.23. The Morgan fingerprint density at radius 2 is 1.89 bits per heavy atom. The number of carbonyl (C=O) groups excluding carboxylic acids is 1. The summed E-state index contributed by atoms with van der Waals surface area (Å²) in [7, 11) is 1.64. The zero-order valence-electron chi connectivity index (χ0n) is 16.8. The van der Waals surface area contributed by atoms with Crippen molar-refractivity contribution >= 4 is 11.6 Å². The number of methoxy groups -OCH3 is 1. The standard InChI is InChI=1S/C22H34N2O3/c1-18-8-4-7-15-24(18)16-17-27-20-11-9-19(10-12-20)23-21(25)22(26-2)13-5-3-6-14-22/h9-12,18H,3-8,13-17H2,1-2H3,(H,23,25)/t18-/m0/s1. The van der Waals surface area contributed by atoms with Gasteiger partial charge in [0.25, 0.3) is 5.91 Å². The molecule has 2 fully saturated rings. The van der Waals surface area contributed by atoms with Gasteiger partial charge in [-0.2, -0.15) is 0 Å². The lowest BCUT2D eigenvalue weighted by Crippen LogP contribution is -2.46.